The molecule has 0 aliphatic heterocycles. The average molecular weight is 303 g/mol. The largest absolute Gasteiger partial charge is 0.391 e. The summed E-state index contributed by atoms with van der Waals surface area (Å²) in [6.07, 6.45) is -3.62. The lowest BCUT2D eigenvalue weighted by Gasteiger charge is -2.30. The summed E-state index contributed by atoms with van der Waals surface area (Å²) in [5, 5.41) is 2.62. The predicted molar refractivity (Wildman–Crippen MR) is 70.4 cm³/mol. The Morgan fingerprint density at radius 2 is 1.81 bits per heavy atom. The van der Waals surface area contributed by atoms with Gasteiger partial charge in [-0.1, -0.05) is 6.07 Å². The molecule has 21 heavy (non-hydrogen) atoms. The van der Waals surface area contributed by atoms with Gasteiger partial charge in [0.2, 0.25) is 0 Å². The third kappa shape index (κ3) is 3.95. The van der Waals surface area contributed by atoms with Crippen molar-refractivity contribution in [2.45, 2.75) is 44.8 Å². The summed E-state index contributed by atoms with van der Waals surface area (Å²) < 4.78 is 51.3. The van der Waals surface area contributed by atoms with Gasteiger partial charge in [0, 0.05) is 6.04 Å². The first-order valence-corrected chi connectivity index (χ1v) is 6.91. The molecule has 0 radical (unpaired) electrons. The number of benzene rings is 1. The third-order valence-corrected chi connectivity index (χ3v) is 3.89. The first-order chi connectivity index (χ1) is 9.77. The van der Waals surface area contributed by atoms with Gasteiger partial charge in [-0.15, -0.1) is 0 Å². The van der Waals surface area contributed by atoms with Crippen molar-refractivity contribution in [2.75, 3.05) is 0 Å². The molecule has 0 saturated heterocycles. The molecule has 1 amide bonds. The summed E-state index contributed by atoms with van der Waals surface area (Å²) in [4.78, 5) is 12.0. The number of carbonyl (C=O) groups excluding carboxylic acids is 1. The highest BCUT2D eigenvalue weighted by Gasteiger charge is 2.41. The van der Waals surface area contributed by atoms with Gasteiger partial charge >= 0.3 is 6.18 Å². The fraction of sp³-hybridized carbons (Fsp3) is 0.533. The van der Waals surface area contributed by atoms with Crippen LogP contribution < -0.4 is 5.32 Å². The molecule has 1 fully saturated rings. The Labute approximate surface area is 120 Å². The van der Waals surface area contributed by atoms with Crippen LogP contribution in [0.3, 0.4) is 0 Å². The number of hydrogen-bond acceptors (Lipinski definition) is 1. The highest BCUT2D eigenvalue weighted by atomic mass is 19.4. The fourth-order valence-corrected chi connectivity index (χ4v) is 2.63. The van der Waals surface area contributed by atoms with Crippen LogP contribution in [0.1, 0.15) is 41.6 Å². The number of rotatable bonds is 2. The van der Waals surface area contributed by atoms with E-state index in [1.165, 1.54) is 12.1 Å². The van der Waals surface area contributed by atoms with E-state index >= 15 is 0 Å². The molecule has 116 valence electrons. The van der Waals surface area contributed by atoms with E-state index in [9.17, 15) is 22.4 Å². The van der Waals surface area contributed by atoms with Crippen LogP contribution in [0.4, 0.5) is 17.6 Å². The normalized spacial score (nSPS) is 22.9. The molecule has 2 nitrogen and oxygen atoms in total. The van der Waals surface area contributed by atoms with Crippen LogP contribution in [0.2, 0.25) is 0 Å². The maximum atomic E-state index is 13.7. The van der Waals surface area contributed by atoms with E-state index in [4.69, 9.17) is 0 Å². The first kappa shape index (κ1) is 15.8. The molecule has 0 bridgehead atoms. The van der Waals surface area contributed by atoms with E-state index in [0.29, 0.717) is 5.56 Å². The van der Waals surface area contributed by atoms with Gasteiger partial charge < -0.3 is 5.32 Å². The van der Waals surface area contributed by atoms with E-state index in [-0.39, 0.29) is 37.3 Å². The van der Waals surface area contributed by atoms with E-state index in [1.807, 2.05) is 0 Å². The molecule has 2 rings (SSSR count). The van der Waals surface area contributed by atoms with Gasteiger partial charge in [-0.3, -0.25) is 4.79 Å². The molecule has 0 heterocycles. The Kier molecular flexibility index (Phi) is 4.54. The summed E-state index contributed by atoms with van der Waals surface area (Å²) in [6, 6.07) is 3.95. The third-order valence-electron chi connectivity index (χ3n) is 3.89. The maximum absolute atomic E-state index is 13.7. The van der Waals surface area contributed by atoms with Gasteiger partial charge in [-0.2, -0.15) is 13.2 Å². The van der Waals surface area contributed by atoms with Crippen molar-refractivity contribution in [1.29, 1.82) is 0 Å². The molecule has 1 N–H and O–H groups in total. The minimum atomic E-state index is -4.17. The second kappa shape index (κ2) is 6.03. The molecule has 1 aliphatic rings. The molecule has 0 aromatic heterocycles. The zero-order chi connectivity index (χ0) is 15.6. The number of alkyl halides is 3. The van der Waals surface area contributed by atoms with E-state index in [2.05, 4.69) is 5.32 Å². The second-order valence-corrected chi connectivity index (χ2v) is 5.55. The second-order valence-electron chi connectivity index (χ2n) is 5.55. The number of hydrogen-bond donors (Lipinski definition) is 1. The quantitative estimate of drug-likeness (QED) is 0.823. The number of amides is 1. The van der Waals surface area contributed by atoms with Crippen LogP contribution in [-0.4, -0.2) is 18.1 Å². The molecule has 1 aromatic carbocycles. The molecule has 0 unspecified atom stereocenters. The minimum Gasteiger partial charge on any atom is -0.349 e. The molecule has 1 saturated carbocycles. The Balaban J connectivity index is 1.93. The van der Waals surface area contributed by atoms with Crippen molar-refractivity contribution in [3.05, 3.63) is 35.1 Å². The summed E-state index contributed by atoms with van der Waals surface area (Å²) in [7, 11) is 0. The maximum Gasteiger partial charge on any atom is 0.391 e. The first-order valence-electron chi connectivity index (χ1n) is 6.91. The predicted octanol–water partition coefficient (Wildman–Crippen LogP) is 3.99. The number of aryl methyl sites for hydroxylation is 1. The molecule has 0 atom stereocenters. The summed E-state index contributed by atoms with van der Waals surface area (Å²) in [6.45, 7) is 1.71. The van der Waals surface area contributed by atoms with Gasteiger partial charge in [-0.25, -0.2) is 4.39 Å². The van der Waals surface area contributed by atoms with Crippen LogP contribution in [0.5, 0.6) is 0 Å². The van der Waals surface area contributed by atoms with Gasteiger partial charge in [0.25, 0.3) is 5.91 Å². The van der Waals surface area contributed by atoms with Gasteiger partial charge in [0.05, 0.1) is 11.5 Å². The Morgan fingerprint density at radius 3 is 2.33 bits per heavy atom. The van der Waals surface area contributed by atoms with Gasteiger partial charge in [0.1, 0.15) is 5.82 Å². The van der Waals surface area contributed by atoms with Crippen molar-refractivity contribution in [3.8, 4) is 0 Å². The topological polar surface area (TPSA) is 29.1 Å². The highest BCUT2D eigenvalue weighted by Crippen LogP contribution is 2.37. The van der Waals surface area contributed by atoms with E-state index in [0.717, 1.165) is 0 Å². The van der Waals surface area contributed by atoms with Crippen LogP contribution in [0, 0.1) is 18.7 Å². The Morgan fingerprint density at radius 1 is 1.19 bits per heavy atom. The van der Waals surface area contributed by atoms with Crippen LogP contribution in [0.15, 0.2) is 18.2 Å². The molecular weight excluding hydrogens is 286 g/mol. The fourth-order valence-electron chi connectivity index (χ4n) is 2.63. The van der Waals surface area contributed by atoms with Crippen LogP contribution in [0.25, 0.3) is 0 Å². The van der Waals surface area contributed by atoms with Crippen molar-refractivity contribution in [1.82, 2.24) is 5.32 Å². The summed E-state index contributed by atoms with van der Waals surface area (Å²) >= 11 is 0. The van der Waals surface area contributed by atoms with E-state index < -0.39 is 23.8 Å². The smallest absolute Gasteiger partial charge is 0.349 e. The van der Waals surface area contributed by atoms with Crippen LogP contribution in [-0.2, 0) is 0 Å². The van der Waals surface area contributed by atoms with Crippen LogP contribution >= 0.6 is 0 Å². The highest BCUT2D eigenvalue weighted by molar-refractivity contribution is 5.94. The minimum absolute atomic E-state index is 0.00479. The van der Waals surface area contributed by atoms with Crippen molar-refractivity contribution < 1.29 is 22.4 Å². The van der Waals surface area contributed by atoms with Crippen molar-refractivity contribution in [2.24, 2.45) is 5.92 Å². The molecule has 1 aliphatic carbocycles. The Hall–Kier alpha value is -1.59. The monoisotopic (exact) mass is 303 g/mol. The van der Waals surface area contributed by atoms with Gasteiger partial charge in [0.15, 0.2) is 0 Å². The molecular formula is C15H17F4NO. The molecule has 0 spiro atoms. The summed E-state index contributed by atoms with van der Waals surface area (Å²) in [5.74, 6) is -2.47. The lowest BCUT2D eigenvalue weighted by molar-refractivity contribution is -0.182. The number of nitrogens with one attached hydrogen (secondary N) is 1. The van der Waals surface area contributed by atoms with Crippen molar-refractivity contribution in [3.63, 3.8) is 0 Å². The Bertz CT molecular complexity index is 519. The SMILES string of the molecule is Cc1ccc(C(=O)NC2CCC(C(F)(F)F)CC2)c(F)c1. The lowest BCUT2D eigenvalue weighted by atomic mass is 9.85. The molecule has 6 heteroatoms. The number of carbonyl (C=O) groups is 1. The zero-order valence-electron chi connectivity index (χ0n) is 11.6. The molecule has 1 aromatic rings. The lowest BCUT2D eigenvalue weighted by Crippen LogP contribution is -2.40. The van der Waals surface area contributed by atoms with Crippen molar-refractivity contribution >= 4 is 5.91 Å². The number of halogens is 4. The average Bonchev–Trinajstić information content (AvgIpc) is 2.38. The van der Waals surface area contributed by atoms with Gasteiger partial charge in [-0.05, 0) is 50.3 Å². The zero-order valence-corrected chi connectivity index (χ0v) is 11.6. The summed E-state index contributed by atoms with van der Waals surface area (Å²) in [5.41, 5.74) is 0.633. The standard InChI is InChI=1S/C15H17F4NO/c1-9-2-7-12(13(16)8-9)14(21)20-11-5-3-10(4-6-11)15(17,18)19/h2,7-8,10-11H,3-6H2,1H3,(H,20,21). The van der Waals surface area contributed by atoms with E-state index in [1.54, 1.807) is 13.0 Å².